The molecule has 1 atom stereocenters. The maximum atomic E-state index is 12.2. The third kappa shape index (κ3) is 7.09. The van der Waals surface area contributed by atoms with Crippen molar-refractivity contribution in [3.05, 3.63) is 59.4 Å². The second-order valence-electron chi connectivity index (χ2n) is 6.32. The van der Waals surface area contributed by atoms with E-state index in [-0.39, 0.29) is 18.3 Å². The molecule has 0 aliphatic heterocycles. The molecular weight excluding hydrogens is 344 g/mol. The number of pyridine rings is 1. The molecule has 6 heteroatoms. The minimum Gasteiger partial charge on any atom is -0.497 e. The van der Waals surface area contributed by atoms with Gasteiger partial charge in [-0.3, -0.25) is 14.6 Å². The van der Waals surface area contributed by atoms with Crippen LogP contribution in [0.15, 0.2) is 42.5 Å². The normalized spacial score (nSPS) is 11.5. The molecule has 1 heterocycles. The maximum Gasteiger partial charge on any atom is 0.308 e. The fraction of sp³-hybridized carbons (Fsp3) is 0.381. The number of hydrogen-bond acceptors (Lipinski definition) is 5. The number of carbonyl (C=O) groups excluding carboxylic acids is 2. The molecule has 1 amide bonds. The van der Waals surface area contributed by atoms with Crippen LogP contribution in [0, 0.1) is 6.92 Å². The van der Waals surface area contributed by atoms with Crippen molar-refractivity contribution in [1.82, 2.24) is 10.3 Å². The molecule has 0 bridgehead atoms. The second-order valence-corrected chi connectivity index (χ2v) is 6.32. The van der Waals surface area contributed by atoms with Crippen LogP contribution in [-0.2, 0) is 20.7 Å². The van der Waals surface area contributed by atoms with E-state index in [2.05, 4.69) is 10.3 Å². The molecule has 0 spiro atoms. The Labute approximate surface area is 159 Å². The predicted molar refractivity (Wildman–Crippen MR) is 102 cm³/mol. The van der Waals surface area contributed by atoms with E-state index in [1.54, 1.807) is 19.2 Å². The van der Waals surface area contributed by atoms with E-state index in [0.29, 0.717) is 18.8 Å². The van der Waals surface area contributed by atoms with Crippen molar-refractivity contribution < 1.29 is 19.1 Å². The quantitative estimate of drug-likeness (QED) is 0.542. The Balaban J connectivity index is 1.84. The Hall–Kier alpha value is -2.89. The Morgan fingerprint density at radius 1 is 1.15 bits per heavy atom. The van der Waals surface area contributed by atoms with Gasteiger partial charge in [-0.25, -0.2) is 0 Å². The van der Waals surface area contributed by atoms with E-state index in [1.807, 2.05) is 37.3 Å². The second kappa shape index (κ2) is 10.3. The number of methoxy groups -OCH3 is 1. The van der Waals surface area contributed by atoms with Crippen LogP contribution in [0.3, 0.4) is 0 Å². The molecule has 0 aliphatic carbocycles. The summed E-state index contributed by atoms with van der Waals surface area (Å²) in [5.41, 5.74) is 2.79. The van der Waals surface area contributed by atoms with Gasteiger partial charge in [-0.2, -0.15) is 0 Å². The minimum absolute atomic E-state index is 0.0780. The Morgan fingerprint density at radius 3 is 2.52 bits per heavy atom. The highest BCUT2D eigenvalue weighted by Gasteiger charge is 2.18. The number of ether oxygens (including phenoxy) is 2. The first-order chi connectivity index (χ1) is 13.0. The lowest BCUT2D eigenvalue weighted by Crippen LogP contribution is -2.28. The lowest BCUT2D eigenvalue weighted by atomic mass is 10.0. The number of nitrogens with zero attached hydrogens (tertiary/aromatic N) is 1. The van der Waals surface area contributed by atoms with Gasteiger partial charge in [-0.15, -0.1) is 0 Å². The van der Waals surface area contributed by atoms with Gasteiger partial charge in [-0.05, 0) is 49.6 Å². The van der Waals surface area contributed by atoms with Crippen LogP contribution < -0.4 is 10.1 Å². The zero-order valence-corrected chi connectivity index (χ0v) is 16.0. The van der Waals surface area contributed by atoms with Gasteiger partial charge < -0.3 is 14.8 Å². The number of aryl methyl sites for hydroxylation is 2. The number of amides is 1. The summed E-state index contributed by atoms with van der Waals surface area (Å²) >= 11 is 0. The molecule has 1 N–H and O–H groups in total. The van der Waals surface area contributed by atoms with Crippen LogP contribution in [0.4, 0.5) is 0 Å². The smallest absolute Gasteiger partial charge is 0.308 e. The Bertz CT molecular complexity index is 759. The van der Waals surface area contributed by atoms with Crippen LogP contribution in [-0.4, -0.2) is 30.6 Å². The molecule has 27 heavy (non-hydrogen) atoms. The fourth-order valence-corrected chi connectivity index (χ4v) is 2.74. The van der Waals surface area contributed by atoms with Crippen molar-refractivity contribution in [2.24, 2.45) is 0 Å². The van der Waals surface area contributed by atoms with Gasteiger partial charge in [0.15, 0.2) is 0 Å². The van der Waals surface area contributed by atoms with E-state index in [4.69, 9.17) is 9.47 Å². The molecule has 0 saturated heterocycles. The molecule has 1 aromatic carbocycles. The van der Waals surface area contributed by atoms with Gasteiger partial charge in [0.1, 0.15) is 5.75 Å². The van der Waals surface area contributed by atoms with Crippen molar-refractivity contribution in [3.8, 4) is 5.75 Å². The lowest BCUT2D eigenvalue weighted by molar-refractivity contribution is -0.144. The first kappa shape index (κ1) is 20.4. The largest absolute Gasteiger partial charge is 0.497 e. The van der Waals surface area contributed by atoms with Gasteiger partial charge in [-0.1, -0.05) is 18.2 Å². The number of hydrogen-bond donors (Lipinski definition) is 1. The topological polar surface area (TPSA) is 77.5 Å². The van der Waals surface area contributed by atoms with E-state index in [9.17, 15) is 9.59 Å². The third-order valence-electron chi connectivity index (χ3n) is 4.05. The summed E-state index contributed by atoms with van der Waals surface area (Å²) in [4.78, 5) is 28.1. The molecule has 2 rings (SSSR count). The van der Waals surface area contributed by atoms with Crippen LogP contribution in [0.2, 0.25) is 0 Å². The minimum atomic E-state index is -0.431. The first-order valence-corrected chi connectivity index (χ1v) is 8.97. The number of rotatable bonds is 9. The summed E-state index contributed by atoms with van der Waals surface area (Å²) in [7, 11) is 1.59. The number of esters is 1. The van der Waals surface area contributed by atoms with Crippen molar-refractivity contribution >= 4 is 11.9 Å². The third-order valence-corrected chi connectivity index (χ3v) is 4.05. The van der Waals surface area contributed by atoms with E-state index < -0.39 is 6.04 Å². The van der Waals surface area contributed by atoms with Crippen LogP contribution in [0.5, 0.6) is 5.75 Å². The zero-order valence-electron chi connectivity index (χ0n) is 16.0. The van der Waals surface area contributed by atoms with Crippen LogP contribution in [0.25, 0.3) is 0 Å². The lowest BCUT2D eigenvalue weighted by Gasteiger charge is -2.18. The molecular formula is C21H26N2O4. The molecule has 0 saturated carbocycles. The van der Waals surface area contributed by atoms with Gasteiger partial charge in [0.2, 0.25) is 5.91 Å². The summed E-state index contributed by atoms with van der Waals surface area (Å²) in [6, 6.07) is 12.7. The zero-order chi connectivity index (χ0) is 19.6. The highest BCUT2D eigenvalue weighted by atomic mass is 16.5. The molecule has 0 fully saturated rings. The first-order valence-electron chi connectivity index (χ1n) is 8.97. The molecule has 0 radical (unpaired) electrons. The molecule has 2 aromatic rings. The van der Waals surface area contributed by atoms with E-state index in [0.717, 1.165) is 23.4 Å². The van der Waals surface area contributed by atoms with Crippen molar-refractivity contribution in [2.45, 2.75) is 39.2 Å². The summed E-state index contributed by atoms with van der Waals surface area (Å²) in [6.07, 6.45) is 1.53. The maximum absolute atomic E-state index is 12.2. The summed E-state index contributed by atoms with van der Waals surface area (Å²) in [5, 5.41) is 2.80. The fourth-order valence-electron chi connectivity index (χ4n) is 2.74. The van der Waals surface area contributed by atoms with Gasteiger partial charge in [0.05, 0.1) is 26.2 Å². The highest BCUT2D eigenvalue weighted by molar-refractivity contribution is 5.76. The average Bonchev–Trinajstić information content (AvgIpc) is 2.64. The average molecular weight is 370 g/mol. The SMILES string of the molecule is COc1ccc(C(CC(=O)OCCCc2cccc(C)n2)NC(C)=O)cc1. The molecule has 6 nitrogen and oxygen atoms in total. The monoisotopic (exact) mass is 370 g/mol. The van der Waals surface area contributed by atoms with Gasteiger partial charge in [0, 0.05) is 18.3 Å². The Morgan fingerprint density at radius 2 is 1.89 bits per heavy atom. The Kier molecular flexibility index (Phi) is 7.79. The van der Waals surface area contributed by atoms with E-state index in [1.165, 1.54) is 6.92 Å². The van der Waals surface area contributed by atoms with Crippen molar-refractivity contribution in [2.75, 3.05) is 13.7 Å². The summed E-state index contributed by atoms with van der Waals surface area (Å²) < 4.78 is 10.5. The number of benzene rings is 1. The predicted octanol–water partition coefficient (Wildman–Crippen LogP) is 3.14. The molecule has 1 aromatic heterocycles. The summed E-state index contributed by atoms with van der Waals surface area (Å²) in [6.45, 7) is 3.70. The number of nitrogens with one attached hydrogen (secondary N) is 1. The molecule has 0 aliphatic rings. The summed E-state index contributed by atoms with van der Waals surface area (Å²) in [5.74, 6) is 0.170. The molecule has 1 unspecified atom stereocenters. The van der Waals surface area contributed by atoms with Crippen molar-refractivity contribution in [3.63, 3.8) is 0 Å². The van der Waals surface area contributed by atoms with Crippen LogP contribution >= 0.6 is 0 Å². The van der Waals surface area contributed by atoms with Crippen LogP contribution in [0.1, 0.15) is 42.8 Å². The van der Waals surface area contributed by atoms with Crippen molar-refractivity contribution in [1.29, 1.82) is 0 Å². The van der Waals surface area contributed by atoms with Gasteiger partial charge in [0.25, 0.3) is 0 Å². The van der Waals surface area contributed by atoms with E-state index >= 15 is 0 Å². The van der Waals surface area contributed by atoms with Gasteiger partial charge >= 0.3 is 5.97 Å². The molecule has 144 valence electrons. The number of aromatic nitrogens is 1. The highest BCUT2D eigenvalue weighted by Crippen LogP contribution is 2.21. The number of carbonyl (C=O) groups is 2. The standard InChI is InChI=1S/C21H26N2O4/c1-15-6-4-7-18(22-15)8-5-13-27-21(25)14-20(23-16(2)24)17-9-11-19(26-3)12-10-17/h4,6-7,9-12,20H,5,8,13-14H2,1-3H3,(H,23,24).